The predicted octanol–water partition coefficient (Wildman–Crippen LogP) is 5.94. The number of esters is 1. The standard InChI is InChI=1S/C34H36F6N2O4/c1-20-29(19-45-31(44)15-16-34(38,39)40)42-18-26(46-20)13-14-27-23(3-2-4-28(27)37)17-30(43)33(41)32(21-5-9-24(35)10-6-21)22-7-11-25(36)12-8-22/h2-12,20,26,29,32-33,42H,13-19,41H2,1H3/t20-,26-,29-,33-/m1/s1. The molecule has 6 nitrogen and oxygen atoms in total. The Morgan fingerprint density at radius 2 is 1.59 bits per heavy atom. The summed E-state index contributed by atoms with van der Waals surface area (Å²) in [7, 11) is 0. The number of carbonyl (C=O) groups excluding carboxylic acids is 2. The van der Waals surface area contributed by atoms with Crippen molar-refractivity contribution < 1.29 is 45.4 Å². The molecule has 0 spiro atoms. The Balaban J connectivity index is 1.38. The predicted molar refractivity (Wildman–Crippen MR) is 158 cm³/mol. The topological polar surface area (TPSA) is 90.7 Å². The SMILES string of the molecule is C[C@H]1O[C@H](CCc2c(F)cccc2CC(=O)[C@@H](N)C(c2ccc(F)cc2)c2ccc(F)cc2)CN[C@@H]1COC(=O)CCC(F)(F)F. The number of rotatable bonds is 13. The Kier molecular flexibility index (Phi) is 12.0. The zero-order valence-electron chi connectivity index (χ0n) is 25.2. The van der Waals surface area contributed by atoms with Crippen molar-refractivity contribution >= 4 is 11.8 Å². The fourth-order valence-corrected chi connectivity index (χ4v) is 5.55. The lowest BCUT2D eigenvalue weighted by molar-refractivity contribution is -0.159. The highest BCUT2D eigenvalue weighted by molar-refractivity contribution is 5.87. The lowest BCUT2D eigenvalue weighted by Crippen LogP contribution is -2.53. The summed E-state index contributed by atoms with van der Waals surface area (Å²) in [5.41, 5.74) is 8.42. The van der Waals surface area contributed by atoms with Gasteiger partial charge in [0, 0.05) is 18.9 Å². The third kappa shape index (κ3) is 9.88. The third-order valence-corrected chi connectivity index (χ3v) is 8.10. The maximum Gasteiger partial charge on any atom is 0.389 e. The summed E-state index contributed by atoms with van der Waals surface area (Å²) in [6.45, 7) is 1.92. The Morgan fingerprint density at radius 1 is 0.978 bits per heavy atom. The largest absolute Gasteiger partial charge is 0.464 e. The monoisotopic (exact) mass is 650 g/mol. The molecule has 248 valence electrons. The van der Waals surface area contributed by atoms with E-state index in [2.05, 4.69) is 5.32 Å². The zero-order chi connectivity index (χ0) is 33.4. The molecule has 1 saturated heterocycles. The van der Waals surface area contributed by atoms with E-state index in [1.165, 1.54) is 60.7 Å². The van der Waals surface area contributed by atoms with Crippen LogP contribution in [0, 0.1) is 17.5 Å². The van der Waals surface area contributed by atoms with Crippen molar-refractivity contribution in [3.05, 3.63) is 106 Å². The molecule has 12 heteroatoms. The van der Waals surface area contributed by atoms with Crippen LogP contribution >= 0.6 is 0 Å². The number of carbonyl (C=O) groups is 2. The van der Waals surface area contributed by atoms with Gasteiger partial charge in [0.25, 0.3) is 0 Å². The van der Waals surface area contributed by atoms with Crippen LogP contribution in [-0.2, 0) is 31.9 Å². The quantitative estimate of drug-likeness (QED) is 0.176. The number of halogens is 6. The second-order valence-corrected chi connectivity index (χ2v) is 11.4. The van der Waals surface area contributed by atoms with E-state index in [-0.39, 0.29) is 31.3 Å². The molecule has 1 aliphatic heterocycles. The first-order chi connectivity index (χ1) is 21.8. The lowest BCUT2D eigenvalue weighted by atomic mass is 9.82. The Bertz CT molecular complexity index is 1420. The van der Waals surface area contributed by atoms with Crippen LogP contribution in [0.5, 0.6) is 0 Å². The first kappa shape index (κ1) is 35.1. The summed E-state index contributed by atoms with van der Waals surface area (Å²) in [6.07, 6.45) is -6.79. The Labute approximate surface area is 263 Å². The minimum atomic E-state index is -4.44. The van der Waals surface area contributed by atoms with Gasteiger partial charge in [0.15, 0.2) is 5.78 Å². The number of hydrogen-bond donors (Lipinski definition) is 2. The van der Waals surface area contributed by atoms with Crippen molar-refractivity contribution in [1.82, 2.24) is 5.32 Å². The van der Waals surface area contributed by atoms with Crippen LogP contribution in [0.2, 0.25) is 0 Å². The average molecular weight is 651 g/mol. The number of ether oxygens (including phenoxy) is 2. The van der Waals surface area contributed by atoms with Crippen LogP contribution in [0.4, 0.5) is 26.3 Å². The highest BCUT2D eigenvalue weighted by Gasteiger charge is 2.32. The Morgan fingerprint density at radius 3 is 2.15 bits per heavy atom. The summed E-state index contributed by atoms with van der Waals surface area (Å²) in [5, 5.41) is 3.17. The molecule has 0 aliphatic carbocycles. The van der Waals surface area contributed by atoms with E-state index in [1.54, 1.807) is 13.0 Å². The number of nitrogens with one attached hydrogen (secondary N) is 1. The first-order valence-electron chi connectivity index (χ1n) is 15.0. The van der Waals surface area contributed by atoms with Crippen LogP contribution in [0.25, 0.3) is 0 Å². The van der Waals surface area contributed by atoms with Crippen molar-refractivity contribution in [2.24, 2.45) is 5.73 Å². The highest BCUT2D eigenvalue weighted by atomic mass is 19.4. The number of morpholine rings is 1. The van der Waals surface area contributed by atoms with Gasteiger partial charge in [-0.15, -0.1) is 0 Å². The van der Waals surface area contributed by atoms with Crippen molar-refractivity contribution in [1.29, 1.82) is 0 Å². The maximum atomic E-state index is 15.1. The van der Waals surface area contributed by atoms with Gasteiger partial charge in [-0.1, -0.05) is 36.4 Å². The minimum absolute atomic E-state index is 0.152. The second kappa shape index (κ2) is 15.7. The van der Waals surface area contributed by atoms with E-state index >= 15 is 4.39 Å². The van der Waals surface area contributed by atoms with Gasteiger partial charge >= 0.3 is 12.1 Å². The molecule has 1 fully saturated rings. The Hall–Kier alpha value is -3.74. The molecule has 0 saturated carbocycles. The normalized spacial score (nSPS) is 19.2. The molecular formula is C34H36F6N2O4. The number of benzene rings is 3. The van der Waals surface area contributed by atoms with Gasteiger partial charge in [0.1, 0.15) is 24.1 Å². The first-order valence-corrected chi connectivity index (χ1v) is 15.0. The fourth-order valence-electron chi connectivity index (χ4n) is 5.55. The van der Waals surface area contributed by atoms with E-state index in [4.69, 9.17) is 15.2 Å². The number of nitrogens with two attached hydrogens (primary N) is 1. The average Bonchev–Trinajstić information content (AvgIpc) is 3.01. The molecule has 1 aliphatic rings. The molecule has 0 aromatic heterocycles. The van der Waals surface area contributed by atoms with Gasteiger partial charge in [-0.3, -0.25) is 9.59 Å². The molecule has 3 N–H and O–H groups in total. The molecule has 0 radical (unpaired) electrons. The molecule has 46 heavy (non-hydrogen) atoms. The van der Waals surface area contributed by atoms with Gasteiger partial charge in [0.2, 0.25) is 0 Å². The number of Topliss-reactive ketones (excluding diaryl/α,β-unsaturated/α-hetero) is 1. The summed E-state index contributed by atoms with van der Waals surface area (Å²) >= 11 is 0. The van der Waals surface area contributed by atoms with Gasteiger partial charge in [-0.25, -0.2) is 13.2 Å². The summed E-state index contributed by atoms with van der Waals surface area (Å²) in [4.78, 5) is 25.2. The number of ketones is 1. The molecule has 0 bridgehead atoms. The molecular weight excluding hydrogens is 614 g/mol. The van der Waals surface area contributed by atoms with Gasteiger partial charge in [-0.05, 0) is 72.4 Å². The van der Waals surface area contributed by atoms with Gasteiger partial charge in [0.05, 0.1) is 37.1 Å². The zero-order valence-corrected chi connectivity index (χ0v) is 25.2. The lowest BCUT2D eigenvalue weighted by Gasteiger charge is -2.35. The minimum Gasteiger partial charge on any atom is -0.464 e. The van der Waals surface area contributed by atoms with Crippen LogP contribution < -0.4 is 11.1 Å². The van der Waals surface area contributed by atoms with E-state index in [9.17, 15) is 31.5 Å². The van der Waals surface area contributed by atoms with E-state index in [1.807, 2.05) is 0 Å². The van der Waals surface area contributed by atoms with Gasteiger partial charge < -0.3 is 20.5 Å². The van der Waals surface area contributed by atoms with Crippen molar-refractivity contribution in [2.75, 3.05) is 13.2 Å². The molecule has 0 amide bonds. The fraction of sp³-hybridized carbons (Fsp3) is 0.412. The smallest absolute Gasteiger partial charge is 0.389 e. The molecule has 0 unspecified atom stereocenters. The number of hydrogen-bond acceptors (Lipinski definition) is 6. The van der Waals surface area contributed by atoms with E-state index in [0.29, 0.717) is 35.2 Å². The van der Waals surface area contributed by atoms with Crippen molar-refractivity contribution in [3.63, 3.8) is 0 Å². The van der Waals surface area contributed by atoms with Crippen LogP contribution in [0.15, 0.2) is 66.7 Å². The van der Waals surface area contributed by atoms with Crippen LogP contribution in [0.3, 0.4) is 0 Å². The highest BCUT2D eigenvalue weighted by Crippen LogP contribution is 2.30. The summed E-state index contributed by atoms with van der Waals surface area (Å²) < 4.78 is 90.4. The molecule has 3 aromatic carbocycles. The number of alkyl halides is 3. The molecule has 3 aromatic rings. The van der Waals surface area contributed by atoms with Crippen LogP contribution in [0.1, 0.15) is 54.4 Å². The van der Waals surface area contributed by atoms with E-state index in [0.717, 1.165) is 0 Å². The molecule has 1 heterocycles. The summed E-state index contributed by atoms with van der Waals surface area (Å²) in [6, 6.07) is 14.0. The van der Waals surface area contributed by atoms with Crippen molar-refractivity contribution in [3.8, 4) is 0 Å². The summed E-state index contributed by atoms with van der Waals surface area (Å²) in [5.74, 6) is -3.45. The van der Waals surface area contributed by atoms with Crippen LogP contribution in [-0.4, -0.2) is 55.4 Å². The molecule has 4 rings (SSSR count). The van der Waals surface area contributed by atoms with Crippen molar-refractivity contribution in [2.45, 2.75) is 75.4 Å². The van der Waals surface area contributed by atoms with E-state index < -0.39 is 66.5 Å². The third-order valence-electron chi connectivity index (χ3n) is 8.10. The second-order valence-electron chi connectivity index (χ2n) is 11.4. The van der Waals surface area contributed by atoms with Gasteiger partial charge in [-0.2, -0.15) is 13.2 Å². The maximum absolute atomic E-state index is 15.1. The molecule has 4 atom stereocenters.